The summed E-state index contributed by atoms with van der Waals surface area (Å²) in [7, 11) is 1.07. The Labute approximate surface area is 149 Å². The molecule has 136 valence electrons. The van der Waals surface area contributed by atoms with Gasteiger partial charge in [-0.25, -0.2) is 10.0 Å². The van der Waals surface area contributed by atoms with Crippen molar-refractivity contribution in [3.05, 3.63) is 71.8 Å². The first-order valence-electron chi connectivity index (χ1n) is 7.92. The van der Waals surface area contributed by atoms with Crippen LogP contribution in [0.5, 0.6) is 0 Å². The first-order valence-corrected chi connectivity index (χ1v) is 9.28. The van der Waals surface area contributed by atoms with E-state index in [1.54, 1.807) is 0 Å². The monoisotopic (exact) mass is 364 g/mol. The lowest BCUT2D eigenvalue weighted by molar-refractivity contribution is 0.0252. The summed E-state index contributed by atoms with van der Waals surface area (Å²) in [5.41, 5.74) is 2.80. The number of nitrogens with zero attached hydrogens (tertiary/aromatic N) is 2. The zero-order valence-electron chi connectivity index (χ0n) is 14.6. The third-order valence-corrected chi connectivity index (χ3v) is 4.85. The topological polar surface area (TPSA) is 70.1 Å². The summed E-state index contributed by atoms with van der Waals surface area (Å²) in [6.07, 6.45) is 1.14. The maximum absolute atomic E-state index is 9.33. The number of benzene rings is 2. The molecule has 0 amide bonds. The molecule has 7 heteroatoms. The van der Waals surface area contributed by atoms with Crippen LogP contribution < -0.4 is 0 Å². The zero-order valence-corrected chi connectivity index (χ0v) is 15.4. The number of hydrogen-bond donors (Lipinski definition) is 1. The Morgan fingerprint density at radius 3 is 1.48 bits per heavy atom. The van der Waals surface area contributed by atoms with Gasteiger partial charge in [-0.1, -0.05) is 60.7 Å². The fourth-order valence-electron chi connectivity index (χ4n) is 3.01. The molecule has 2 aromatic carbocycles. The SMILES string of the molecule is CN1C(c2ccccc2)CC(c2ccccc2)N1C.COS(=O)(=O)O. The molecule has 6 nitrogen and oxygen atoms in total. The first-order chi connectivity index (χ1) is 11.8. The molecular formula is C18H24N2O4S. The molecule has 0 radical (unpaired) electrons. The lowest BCUT2D eigenvalue weighted by Gasteiger charge is -2.28. The van der Waals surface area contributed by atoms with Gasteiger partial charge in [0.05, 0.1) is 19.2 Å². The molecule has 0 aliphatic carbocycles. The predicted molar refractivity (Wildman–Crippen MR) is 97.1 cm³/mol. The van der Waals surface area contributed by atoms with Gasteiger partial charge in [0.2, 0.25) is 0 Å². The summed E-state index contributed by atoms with van der Waals surface area (Å²) in [4.78, 5) is 0. The second kappa shape index (κ2) is 8.55. The normalized spacial score (nSPS) is 21.6. The summed E-state index contributed by atoms with van der Waals surface area (Å²) in [5, 5.41) is 4.71. The Morgan fingerprint density at radius 1 is 0.880 bits per heavy atom. The lowest BCUT2D eigenvalue weighted by atomic mass is 9.97. The van der Waals surface area contributed by atoms with Crippen molar-refractivity contribution in [1.29, 1.82) is 0 Å². The minimum Gasteiger partial charge on any atom is -0.264 e. The molecule has 1 aliphatic rings. The molecule has 3 rings (SSSR count). The molecule has 0 bridgehead atoms. The average Bonchev–Trinajstić information content (AvgIpc) is 2.92. The van der Waals surface area contributed by atoms with Gasteiger partial charge in [-0.3, -0.25) is 8.74 Å². The van der Waals surface area contributed by atoms with Crippen LogP contribution in [-0.4, -0.2) is 44.2 Å². The van der Waals surface area contributed by atoms with Gasteiger partial charge in [-0.15, -0.1) is 0 Å². The standard InChI is InChI=1S/C17H20N2.CH4O4S/c1-18-16(14-9-5-3-6-10-14)13-17(19(18)2)15-11-7-4-8-12-15;1-5-6(2,3)4/h3-12,16-17H,13H2,1-2H3;1H3,(H,2,3,4). The van der Waals surface area contributed by atoms with Crippen molar-refractivity contribution >= 4 is 10.4 Å². The molecule has 1 saturated heterocycles. The molecular weight excluding hydrogens is 340 g/mol. The summed E-state index contributed by atoms with van der Waals surface area (Å²) in [6, 6.07) is 22.5. The fraction of sp³-hybridized carbons (Fsp3) is 0.333. The Bertz CT molecular complexity index is 704. The van der Waals surface area contributed by atoms with Crippen LogP contribution in [0.1, 0.15) is 29.6 Å². The smallest absolute Gasteiger partial charge is 0.264 e. The van der Waals surface area contributed by atoms with E-state index in [-0.39, 0.29) is 0 Å². The van der Waals surface area contributed by atoms with Crippen LogP contribution in [0.4, 0.5) is 0 Å². The van der Waals surface area contributed by atoms with E-state index in [1.807, 2.05) is 0 Å². The molecule has 25 heavy (non-hydrogen) atoms. The Hall–Kier alpha value is -1.77. The number of rotatable bonds is 3. The van der Waals surface area contributed by atoms with Crippen LogP contribution in [-0.2, 0) is 14.6 Å². The quantitative estimate of drug-likeness (QED) is 0.844. The summed E-state index contributed by atoms with van der Waals surface area (Å²) in [5.74, 6) is 0. The molecule has 1 heterocycles. The van der Waals surface area contributed by atoms with Gasteiger partial charge in [0.15, 0.2) is 0 Å². The maximum atomic E-state index is 9.33. The summed E-state index contributed by atoms with van der Waals surface area (Å²) >= 11 is 0. The van der Waals surface area contributed by atoms with Crippen molar-refractivity contribution in [2.45, 2.75) is 18.5 Å². The van der Waals surface area contributed by atoms with E-state index in [1.165, 1.54) is 11.1 Å². The highest BCUT2D eigenvalue weighted by atomic mass is 32.3. The largest absolute Gasteiger partial charge is 0.397 e. The third kappa shape index (κ3) is 5.35. The molecule has 1 N–H and O–H groups in total. The van der Waals surface area contributed by atoms with E-state index in [2.05, 4.69) is 89.0 Å². The summed E-state index contributed by atoms with van der Waals surface area (Å²) in [6.45, 7) is 0. The van der Waals surface area contributed by atoms with Gasteiger partial charge >= 0.3 is 10.4 Å². The van der Waals surface area contributed by atoms with Crippen molar-refractivity contribution in [1.82, 2.24) is 10.0 Å². The molecule has 0 spiro atoms. The molecule has 0 aromatic heterocycles. The van der Waals surface area contributed by atoms with E-state index in [4.69, 9.17) is 4.55 Å². The highest BCUT2D eigenvalue weighted by molar-refractivity contribution is 7.80. The van der Waals surface area contributed by atoms with Crippen LogP contribution in [0.2, 0.25) is 0 Å². The van der Waals surface area contributed by atoms with Crippen LogP contribution in [0.25, 0.3) is 0 Å². The van der Waals surface area contributed by atoms with E-state index in [0.29, 0.717) is 12.1 Å². The van der Waals surface area contributed by atoms with E-state index in [0.717, 1.165) is 13.5 Å². The highest BCUT2D eigenvalue weighted by Gasteiger charge is 2.35. The van der Waals surface area contributed by atoms with Crippen LogP contribution in [0, 0.1) is 0 Å². The number of hydrazine groups is 1. The van der Waals surface area contributed by atoms with Crippen LogP contribution >= 0.6 is 0 Å². The maximum Gasteiger partial charge on any atom is 0.397 e. The second-order valence-electron chi connectivity index (χ2n) is 5.83. The van der Waals surface area contributed by atoms with Crippen LogP contribution in [0.3, 0.4) is 0 Å². The molecule has 2 aromatic rings. The van der Waals surface area contributed by atoms with Crippen molar-refractivity contribution in [2.24, 2.45) is 0 Å². The highest BCUT2D eigenvalue weighted by Crippen LogP contribution is 2.41. The van der Waals surface area contributed by atoms with Gasteiger partial charge in [0.25, 0.3) is 0 Å². The molecule has 1 aliphatic heterocycles. The minimum absolute atomic E-state index is 0.469. The molecule has 1 fully saturated rings. The fourth-order valence-corrected chi connectivity index (χ4v) is 3.01. The Morgan fingerprint density at radius 2 is 1.20 bits per heavy atom. The first kappa shape index (κ1) is 19.6. The predicted octanol–water partition coefficient (Wildman–Crippen LogP) is 3.09. The zero-order chi connectivity index (χ0) is 18.4. The van der Waals surface area contributed by atoms with Gasteiger partial charge in [-0.05, 0) is 17.5 Å². The lowest BCUT2D eigenvalue weighted by Crippen LogP contribution is -2.32. The van der Waals surface area contributed by atoms with Gasteiger partial charge in [0, 0.05) is 14.1 Å². The minimum atomic E-state index is -4.16. The van der Waals surface area contributed by atoms with Crippen molar-refractivity contribution in [3.63, 3.8) is 0 Å². The van der Waals surface area contributed by atoms with Crippen molar-refractivity contribution < 1.29 is 17.2 Å². The Balaban J connectivity index is 0.000000326. The molecule has 2 unspecified atom stereocenters. The number of hydrogen-bond acceptors (Lipinski definition) is 5. The average molecular weight is 364 g/mol. The van der Waals surface area contributed by atoms with Gasteiger partial charge in [-0.2, -0.15) is 8.42 Å². The third-order valence-electron chi connectivity index (χ3n) is 4.43. The van der Waals surface area contributed by atoms with Gasteiger partial charge < -0.3 is 0 Å². The molecule has 2 atom stereocenters. The van der Waals surface area contributed by atoms with Crippen molar-refractivity contribution in [2.75, 3.05) is 21.2 Å². The van der Waals surface area contributed by atoms with E-state index >= 15 is 0 Å². The van der Waals surface area contributed by atoms with E-state index in [9.17, 15) is 8.42 Å². The molecule has 0 saturated carbocycles. The summed E-state index contributed by atoms with van der Waals surface area (Å²) < 4.78 is 29.7. The van der Waals surface area contributed by atoms with E-state index < -0.39 is 10.4 Å². The van der Waals surface area contributed by atoms with Gasteiger partial charge in [0.1, 0.15) is 0 Å². The van der Waals surface area contributed by atoms with Crippen molar-refractivity contribution in [3.8, 4) is 0 Å². The van der Waals surface area contributed by atoms with Crippen LogP contribution in [0.15, 0.2) is 60.7 Å². The Kier molecular flexibility index (Phi) is 6.69. The second-order valence-corrected chi connectivity index (χ2v) is 7.02.